The Morgan fingerprint density at radius 1 is 0.739 bits per heavy atom. The lowest BCUT2D eigenvalue weighted by atomic mass is 10.0. The standard InChI is InChI=1S/C21H23NSi/c1-16-21(23(2,3)4)19(17-11-7-5-8-12-17)15-20(22-16)18-13-9-6-10-14-18/h5-15H,1-4H3. The first-order chi connectivity index (χ1) is 11.0. The van der Waals surface area contributed by atoms with Gasteiger partial charge in [-0.1, -0.05) is 80.3 Å². The summed E-state index contributed by atoms with van der Waals surface area (Å²) in [5.74, 6) is 0. The van der Waals surface area contributed by atoms with Crippen LogP contribution in [-0.2, 0) is 0 Å². The summed E-state index contributed by atoms with van der Waals surface area (Å²) in [7, 11) is -1.49. The van der Waals surface area contributed by atoms with Crippen molar-refractivity contribution in [3.63, 3.8) is 0 Å². The summed E-state index contributed by atoms with van der Waals surface area (Å²) < 4.78 is 0. The molecule has 0 unspecified atom stereocenters. The first-order valence-corrected chi connectivity index (χ1v) is 11.6. The lowest BCUT2D eigenvalue weighted by Gasteiger charge is -2.24. The van der Waals surface area contributed by atoms with E-state index in [1.54, 1.807) is 0 Å². The zero-order chi connectivity index (χ0) is 16.4. The summed E-state index contributed by atoms with van der Waals surface area (Å²) in [5.41, 5.74) is 6.03. The Morgan fingerprint density at radius 2 is 1.26 bits per heavy atom. The molecular formula is C21H23NSi. The number of benzene rings is 2. The molecule has 23 heavy (non-hydrogen) atoms. The van der Waals surface area contributed by atoms with Crippen LogP contribution in [0.5, 0.6) is 0 Å². The van der Waals surface area contributed by atoms with Crippen molar-refractivity contribution in [3.8, 4) is 22.4 Å². The molecule has 0 amide bonds. The lowest BCUT2D eigenvalue weighted by Crippen LogP contribution is -2.41. The fourth-order valence-electron chi connectivity index (χ4n) is 3.22. The van der Waals surface area contributed by atoms with Gasteiger partial charge in [-0.2, -0.15) is 0 Å². The van der Waals surface area contributed by atoms with Crippen LogP contribution in [0.3, 0.4) is 0 Å². The normalized spacial score (nSPS) is 11.5. The number of aryl methyl sites for hydroxylation is 1. The van der Waals surface area contributed by atoms with Gasteiger partial charge in [0.2, 0.25) is 0 Å². The van der Waals surface area contributed by atoms with Crippen molar-refractivity contribution < 1.29 is 0 Å². The molecule has 0 spiro atoms. The van der Waals surface area contributed by atoms with E-state index in [1.165, 1.54) is 27.6 Å². The molecule has 0 aliphatic rings. The first kappa shape index (κ1) is 15.7. The van der Waals surface area contributed by atoms with E-state index < -0.39 is 8.07 Å². The van der Waals surface area contributed by atoms with Crippen molar-refractivity contribution in [1.29, 1.82) is 0 Å². The molecule has 0 fully saturated rings. The van der Waals surface area contributed by atoms with Crippen LogP contribution in [0.4, 0.5) is 0 Å². The van der Waals surface area contributed by atoms with Crippen molar-refractivity contribution in [1.82, 2.24) is 4.98 Å². The quantitative estimate of drug-likeness (QED) is 0.600. The Bertz CT molecular complexity index is 802. The Morgan fingerprint density at radius 3 is 1.78 bits per heavy atom. The molecular weight excluding hydrogens is 294 g/mol. The average molecular weight is 318 g/mol. The third-order valence-corrected chi connectivity index (χ3v) is 6.24. The maximum absolute atomic E-state index is 4.93. The van der Waals surface area contributed by atoms with Crippen LogP contribution in [-0.4, -0.2) is 13.1 Å². The molecule has 1 nitrogen and oxygen atoms in total. The topological polar surface area (TPSA) is 12.9 Å². The number of hydrogen-bond acceptors (Lipinski definition) is 1. The molecule has 0 saturated heterocycles. The molecule has 116 valence electrons. The van der Waals surface area contributed by atoms with Gasteiger partial charge in [0.25, 0.3) is 0 Å². The van der Waals surface area contributed by atoms with Gasteiger partial charge in [-0.15, -0.1) is 0 Å². The molecule has 0 aliphatic heterocycles. The minimum Gasteiger partial charge on any atom is -0.253 e. The summed E-state index contributed by atoms with van der Waals surface area (Å²) in [6.07, 6.45) is 0. The van der Waals surface area contributed by atoms with Crippen LogP contribution in [0.1, 0.15) is 5.69 Å². The SMILES string of the molecule is Cc1nc(-c2ccccc2)cc(-c2ccccc2)c1[Si](C)(C)C. The van der Waals surface area contributed by atoms with E-state index >= 15 is 0 Å². The van der Waals surface area contributed by atoms with Crippen molar-refractivity contribution in [2.45, 2.75) is 26.6 Å². The van der Waals surface area contributed by atoms with Crippen LogP contribution in [0, 0.1) is 6.92 Å². The van der Waals surface area contributed by atoms with E-state index in [0.717, 1.165) is 5.69 Å². The predicted molar refractivity (Wildman–Crippen MR) is 103 cm³/mol. The van der Waals surface area contributed by atoms with E-state index in [2.05, 4.69) is 87.2 Å². The van der Waals surface area contributed by atoms with Crippen molar-refractivity contribution in [2.75, 3.05) is 0 Å². The molecule has 3 aromatic rings. The number of aromatic nitrogens is 1. The summed E-state index contributed by atoms with van der Waals surface area (Å²) >= 11 is 0. The highest BCUT2D eigenvalue weighted by Crippen LogP contribution is 2.26. The van der Waals surface area contributed by atoms with Crippen LogP contribution < -0.4 is 5.19 Å². The average Bonchev–Trinajstić information content (AvgIpc) is 2.54. The predicted octanol–water partition coefficient (Wildman–Crippen LogP) is 5.27. The van der Waals surface area contributed by atoms with Gasteiger partial charge in [0.15, 0.2) is 0 Å². The van der Waals surface area contributed by atoms with Crippen molar-refractivity contribution in [3.05, 3.63) is 72.4 Å². The van der Waals surface area contributed by atoms with Gasteiger partial charge in [0.1, 0.15) is 0 Å². The lowest BCUT2D eigenvalue weighted by molar-refractivity contribution is 1.22. The largest absolute Gasteiger partial charge is 0.253 e. The third kappa shape index (κ3) is 3.27. The van der Waals surface area contributed by atoms with Gasteiger partial charge in [0.05, 0.1) is 13.8 Å². The fraction of sp³-hybridized carbons (Fsp3) is 0.190. The molecule has 0 N–H and O–H groups in total. The van der Waals surface area contributed by atoms with Crippen molar-refractivity contribution >= 4 is 13.3 Å². The highest BCUT2D eigenvalue weighted by atomic mass is 28.3. The van der Waals surface area contributed by atoms with E-state index in [1.807, 2.05) is 6.07 Å². The van der Waals surface area contributed by atoms with Crippen LogP contribution in [0.25, 0.3) is 22.4 Å². The second-order valence-electron chi connectivity index (χ2n) is 7.00. The van der Waals surface area contributed by atoms with E-state index in [4.69, 9.17) is 4.98 Å². The Balaban J connectivity index is 2.28. The highest BCUT2D eigenvalue weighted by Gasteiger charge is 2.24. The molecule has 1 aromatic heterocycles. The molecule has 0 atom stereocenters. The van der Waals surface area contributed by atoms with Crippen LogP contribution in [0.2, 0.25) is 19.6 Å². The number of nitrogens with zero attached hydrogens (tertiary/aromatic N) is 1. The van der Waals surface area contributed by atoms with Gasteiger partial charge in [0, 0.05) is 11.3 Å². The molecule has 0 aliphatic carbocycles. The van der Waals surface area contributed by atoms with Crippen LogP contribution in [0.15, 0.2) is 66.7 Å². The van der Waals surface area contributed by atoms with E-state index in [-0.39, 0.29) is 0 Å². The van der Waals surface area contributed by atoms with Crippen LogP contribution >= 0.6 is 0 Å². The Kier molecular flexibility index (Phi) is 4.18. The summed E-state index contributed by atoms with van der Waals surface area (Å²) in [4.78, 5) is 4.93. The minimum atomic E-state index is -1.49. The second kappa shape index (κ2) is 6.13. The third-order valence-electron chi connectivity index (χ3n) is 4.10. The summed E-state index contributed by atoms with van der Waals surface area (Å²) in [6, 6.07) is 23.4. The molecule has 2 heteroatoms. The number of rotatable bonds is 3. The van der Waals surface area contributed by atoms with Crippen molar-refractivity contribution in [2.24, 2.45) is 0 Å². The van der Waals surface area contributed by atoms with E-state index in [9.17, 15) is 0 Å². The molecule has 0 radical (unpaired) electrons. The maximum atomic E-state index is 4.93. The second-order valence-corrected chi connectivity index (χ2v) is 12.0. The van der Waals surface area contributed by atoms with E-state index in [0.29, 0.717) is 0 Å². The maximum Gasteiger partial charge on any atom is 0.0807 e. The molecule has 1 heterocycles. The number of hydrogen-bond donors (Lipinski definition) is 0. The molecule has 0 bridgehead atoms. The van der Waals surface area contributed by atoms with Gasteiger partial charge in [-0.05, 0) is 29.3 Å². The fourth-order valence-corrected chi connectivity index (χ4v) is 5.39. The number of pyridine rings is 1. The molecule has 2 aromatic carbocycles. The van der Waals surface area contributed by atoms with Gasteiger partial charge >= 0.3 is 0 Å². The first-order valence-electron chi connectivity index (χ1n) is 8.10. The highest BCUT2D eigenvalue weighted by molar-refractivity contribution is 6.90. The Labute approximate surface area is 140 Å². The summed E-state index contributed by atoms with van der Waals surface area (Å²) in [5, 5.41) is 1.46. The Hall–Kier alpha value is -2.19. The zero-order valence-corrected chi connectivity index (χ0v) is 15.3. The molecule has 3 rings (SSSR count). The van der Waals surface area contributed by atoms with Gasteiger partial charge < -0.3 is 0 Å². The molecule has 0 saturated carbocycles. The summed E-state index contributed by atoms with van der Waals surface area (Å²) in [6.45, 7) is 9.34. The van der Waals surface area contributed by atoms with Gasteiger partial charge in [-0.3, -0.25) is 4.98 Å². The van der Waals surface area contributed by atoms with Gasteiger partial charge in [-0.25, -0.2) is 0 Å². The smallest absolute Gasteiger partial charge is 0.0807 e. The monoisotopic (exact) mass is 317 g/mol. The zero-order valence-electron chi connectivity index (χ0n) is 14.3. The minimum absolute atomic E-state index is 1.06.